The molecule has 2 N–H and O–H groups in total. The van der Waals surface area contributed by atoms with E-state index in [0.717, 1.165) is 9.26 Å². The zero-order valence-corrected chi connectivity index (χ0v) is 12.0. The number of aryl methyl sites for hydroxylation is 1. The van der Waals surface area contributed by atoms with Gasteiger partial charge < -0.3 is 10.6 Å². The van der Waals surface area contributed by atoms with Crippen LogP contribution in [0.25, 0.3) is 0 Å². The van der Waals surface area contributed by atoms with E-state index in [4.69, 9.17) is 12.2 Å². The normalized spacial score (nSPS) is 9.69. The first-order valence-corrected chi connectivity index (χ1v) is 6.25. The van der Waals surface area contributed by atoms with Crippen LogP contribution < -0.4 is 10.6 Å². The molecule has 1 aromatic rings. The second-order valence-electron chi connectivity index (χ2n) is 3.12. The largest absolute Gasteiger partial charge is 0.317 e. The standard InChI is InChI=1S/C10H12IN3OS/c1-3-9(15)14-10(16)13-8-5-4-7(11)6(2)12-8/h4-5H,3H2,1-2H3,(H2,12,13,14,15,16). The predicted octanol–water partition coefficient (Wildman–Crippen LogP) is 2.22. The summed E-state index contributed by atoms with van der Waals surface area (Å²) in [5.74, 6) is 0.527. The summed E-state index contributed by atoms with van der Waals surface area (Å²) < 4.78 is 1.09. The number of rotatable bonds is 2. The van der Waals surface area contributed by atoms with Crippen LogP contribution in [-0.4, -0.2) is 16.0 Å². The fraction of sp³-hybridized carbons (Fsp3) is 0.300. The first-order chi connectivity index (χ1) is 7.52. The minimum atomic E-state index is -0.111. The molecule has 0 atom stereocenters. The summed E-state index contributed by atoms with van der Waals surface area (Å²) in [6.07, 6.45) is 0.404. The van der Waals surface area contributed by atoms with E-state index < -0.39 is 0 Å². The Balaban J connectivity index is 2.63. The van der Waals surface area contributed by atoms with Crippen LogP contribution >= 0.6 is 34.8 Å². The molecule has 0 aliphatic rings. The van der Waals surface area contributed by atoms with E-state index in [-0.39, 0.29) is 11.0 Å². The molecule has 16 heavy (non-hydrogen) atoms. The Morgan fingerprint density at radius 3 is 2.81 bits per heavy atom. The molecule has 0 radical (unpaired) electrons. The van der Waals surface area contributed by atoms with Crippen LogP contribution in [0.2, 0.25) is 0 Å². The zero-order chi connectivity index (χ0) is 12.1. The van der Waals surface area contributed by atoms with Crippen LogP contribution in [0.15, 0.2) is 12.1 Å². The molecule has 6 heteroatoms. The van der Waals surface area contributed by atoms with Crippen molar-refractivity contribution >= 4 is 51.6 Å². The van der Waals surface area contributed by atoms with Crippen LogP contribution in [0, 0.1) is 10.5 Å². The highest BCUT2D eigenvalue weighted by Gasteiger charge is 2.04. The maximum atomic E-state index is 11.1. The Bertz CT molecular complexity index is 423. The number of pyridine rings is 1. The Morgan fingerprint density at radius 2 is 2.25 bits per heavy atom. The number of halogens is 1. The van der Waals surface area contributed by atoms with Crippen molar-refractivity contribution in [2.75, 3.05) is 5.32 Å². The van der Waals surface area contributed by atoms with Crippen LogP contribution in [-0.2, 0) is 4.79 Å². The van der Waals surface area contributed by atoms with Gasteiger partial charge in [-0.25, -0.2) is 4.98 Å². The molecule has 0 bridgehead atoms. The molecule has 1 aromatic heterocycles. The molecule has 0 aliphatic heterocycles. The highest BCUT2D eigenvalue weighted by Crippen LogP contribution is 2.12. The number of aromatic nitrogens is 1. The number of amides is 1. The highest BCUT2D eigenvalue weighted by molar-refractivity contribution is 14.1. The van der Waals surface area contributed by atoms with Crippen LogP contribution in [0.5, 0.6) is 0 Å². The van der Waals surface area contributed by atoms with Crippen molar-refractivity contribution in [1.82, 2.24) is 10.3 Å². The van der Waals surface area contributed by atoms with Gasteiger partial charge in [-0.2, -0.15) is 0 Å². The summed E-state index contributed by atoms with van der Waals surface area (Å²) in [6, 6.07) is 3.76. The van der Waals surface area contributed by atoms with E-state index in [0.29, 0.717) is 12.2 Å². The first-order valence-electron chi connectivity index (χ1n) is 4.77. The van der Waals surface area contributed by atoms with Gasteiger partial charge in [0.25, 0.3) is 0 Å². The lowest BCUT2D eigenvalue weighted by Crippen LogP contribution is -2.33. The Morgan fingerprint density at radius 1 is 1.56 bits per heavy atom. The molecular formula is C10H12IN3OS. The Labute approximate surface area is 113 Å². The van der Waals surface area contributed by atoms with Crippen LogP contribution in [0.1, 0.15) is 19.0 Å². The topological polar surface area (TPSA) is 54.0 Å². The van der Waals surface area contributed by atoms with Crippen LogP contribution in [0.3, 0.4) is 0 Å². The molecule has 1 rings (SSSR count). The number of nitrogens with zero attached hydrogens (tertiary/aromatic N) is 1. The summed E-state index contributed by atoms with van der Waals surface area (Å²) in [5, 5.41) is 5.69. The fourth-order valence-electron chi connectivity index (χ4n) is 0.976. The minimum Gasteiger partial charge on any atom is -0.317 e. The van der Waals surface area contributed by atoms with E-state index in [1.165, 1.54) is 0 Å². The van der Waals surface area contributed by atoms with E-state index in [2.05, 4.69) is 38.2 Å². The minimum absolute atomic E-state index is 0.111. The maximum Gasteiger partial charge on any atom is 0.225 e. The average molecular weight is 349 g/mol. The number of anilines is 1. The number of carbonyl (C=O) groups is 1. The highest BCUT2D eigenvalue weighted by atomic mass is 127. The molecule has 0 fully saturated rings. The van der Waals surface area contributed by atoms with Gasteiger partial charge in [0.05, 0.1) is 5.69 Å². The molecule has 1 amide bonds. The van der Waals surface area contributed by atoms with Crippen molar-refractivity contribution in [3.8, 4) is 0 Å². The number of carbonyl (C=O) groups excluding carboxylic acids is 1. The van der Waals surface area contributed by atoms with Crippen LogP contribution in [0.4, 0.5) is 5.82 Å². The molecule has 4 nitrogen and oxygen atoms in total. The fourth-order valence-corrected chi connectivity index (χ4v) is 1.50. The van der Waals surface area contributed by atoms with Gasteiger partial charge in [-0.05, 0) is 53.9 Å². The van der Waals surface area contributed by atoms with Gasteiger partial charge in [0, 0.05) is 9.99 Å². The lowest BCUT2D eigenvalue weighted by Gasteiger charge is -2.08. The molecule has 86 valence electrons. The SMILES string of the molecule is CCC(=O)NC(=S)Nc1ccc(I)c(C)n1. The first kappa shape index (κ1) is 13.3. The third-order valence-electron chi connectivity index (χ3n) is 1.84. The third kappa shape index (κ3) is 4.01. The van der Waals surface area contributed by atoms with Gasteiger partial charge in [-0.15, -0.1) is 0 Å². The van der Waals surface area contributed by atoms with E-state index in [1.54, 1.807) is 6.92 Å². The average Bonchev–Trinajstić information content (AvgIpc) is 2.23. The van der Waals surface area contributed by atoms with E-state index in [1.807, 2.05) is 19.1 Å². The van der Waals surface area contributed by atoms with E-state index in [9.17, 15) is 4.79 Å². The molecule has 0 spiro atoms. The number of nitrogens with one attached hydrogen (secondary N) is 2. The summed E-state index contributed by atoms with van der Waals surface area (Å²) in [5.41, 5.74) is 0.926. The van der Waals surface area contributed by atoms with Crippen molar-refractivity contribution in [3.05, 3.63) is 21.4 Å². The number of hydrogen-bond donors (Lipinski definition) is 2. The predicted molar refractivity (Wildman–Crippen MR) is 76.3 cm³/mol. The summed E-state index contributed by atoms with van der Waals surface area (Å²) in [4.78, 5) is 15.4. The zero-order valence-electron chi connectivity index (χ0n) is 9.00. The molecule has 0 saturated carbocycles. The van der Waals surface area contributed by atoms with Gasteiger partial charge >= 0.3 is 0 Å². The molecule has 1 heterocycles. The summed E-state index contributed by atoms with van der Waals surface area (Å²) in [6.45, 7) is 3.69. The molecular weight excluding hydrogens is 337 g/mol. The quantitative estimate of drug-likeness (QED) is 0.635. The van der Waals surface area contributed by atoms with Crippen molar-refractivity contribution in [2.45, 2.75) is 20.3 Å². The second kappa shape index (κ2) is 6.09. The van der Waals surface area contributed by atoms with Gasteiger partial charge in [0.15, 0.2) is 5.11 Å². The second-order valence-corrected chi connectivity index (χ2v) is 4.69. The molecule has 0 aliphatic carbocycles. The van der Waals surface area contributed by atoms with Gasteiger partial charge in [0.1, 0.15) is 5.82 Å². The van der Waals surface area contributed by atoms with E-state index >= 15 is 0 Å². The monoisotopic (exact) mass is 349 g/mol. The Hall–Kier alpha value is -0.760. The summed E-state index contributed by atoms with van der Waals surface area (Å²) >= 11 is 7.18. The smallest absolute Gasteiger partial charge is 0.225 e. The van der Waals surface area contributed by atoms with Gasteiger partial charge in [-0.1, -0.05) is 6.92 Å². The van der Waals surface area contributed by atoms with Crippen molar-refractivity contribution in [1.29, 1.82) is 0 Å². The van der Waals surface area contributed by atoms with Gasteiger partial charge in [-0.3, -0.25) is 4.79 Å². The third-order valence-corrected chi connectivity index (χ3v) is 3.18. The molecule has 0 saturated heterocycles. The number of thiocarbonyl (C=S) groups is 1. The lowest BCUT2D eigenvalue weighted by molar-refractivity contribution is -0.119. The number of hydrogen-bond acceptors (Lipinski definition) is 3. The maximum absolute atomic E-state index is 11.1. The molecule has 0 unspecified atom stereocenters. The summed E-state index contributed by atoms with van der Waals surface area (Å²) in [7, 11) is 0. The molecule has 0 aromatic carbocycles. The van der Waals surface area contributed by atoms with Crippen molar-refractivity contribution in [3.63, 3.8) is 0 Å². The van der Waals surface area contributed by atoms with Crippen molar-refractivity contribution < 1.29 is 4.79 Å². The lowest BCUT2D eigenvalue weighted by atomic mass is 10.4. The Kier molecular flexibility index (Phi) is 5.07. The van der Waals surface area contributed by atoms with Gasteiger partial charge in [0.2, 0.25) is 5.91 Å². The van der Waals surface area contributed by atoms with Crippen molar-refractivity contribution in [2.24, 2.45) is 0 Å².